The number of anilines is 2. The first-order valence-corrected chi connectivity index (χ1v) is 7.44. The molecule has 0 aliphatic carbocycles. The van der Waals surface area contributed by atoms with Crippen LogP contribution in [0.1, 0.15) is 22.5 Å². The van der Waals surface area contributed by atoms with Crippen LogP contribution in [0, 0.1) is 0 Å². The molecule has 134 valence electrons. The maximum Gasteiger partial charge on any atom is 0.418 e. The molecule has 2 aromatic rings. The second-order valence-corrected chi connectivity index (χ2v) is 5.06. The van der Waals surface area contributed by atoms with Crippen LogP contribution in [0.25, 0.3) is 0 Å². The van der Waals surface area contributed by atoms with E-state index in [1.807, 2.05) is 0 Å². The number of nitrogens with one attached hydrogen (secondary N) is 2. The van der Waals surface area contributed by atoms with Crippen LogP contribution < -0.4 is 10.6 Å². The number of hydrogen-bond donors (Lipinski definition) is 2. The van der Waals surface area contributed by atoms with Gasteiger partial charge >= 0.3 is 6.18 Å². The van der Waals surface area contributed by atoms with Crippen LogP contribution in [-0.4, -0.2) is 36.1 Å². The number of rotatable bonds is 7. The van der Waals surface area contributed by atoms with Gasteiger partial charge in [0.05, 0.1) is 23.6 Å². The third-order valence-corrected chi connectivity index (χ3v) is 3.19. The highest BCUT2D eigenvalue weighted by atomic mass is 19.4. The number of ether oxygens (including phenoxy) is 1. The minimum atomic E-state index is -4.49. The molecule has 0 aliphatic rings. The Morgan fingerprint density at radius 2 is 1.96 bits per heavy atom. The van der Waals surface area contributed by atoms with Crippen molar-refractivity contribution < 1.29 is 22.7 Å². The van der Waals surface area contributed by atoms with Crippen molar-refractivity contribution in [1.29, 1.82) is 0 Å². The highest BCUT2D eigenvalue weighted by Crippen LogP contribution is 2.35. The Kier molecular flexibility index (Phi) is 6.29. The Morgan fingerprint density at radius 1 is 1.20 bits per heavy atom. The lowest BCUT2D eigenvalue weighted by Gasteiger charge is -2.13. The van der Waals surface area contributed by atoms with Gasteiger partial charge in [-0.1, -0.05) is 12.1 Å². The molecule has 0 radical (unpaired) electrons. The Labute approximate surface area is 142 Å². The first kappa shape index (κ1) is 18.7. The number of carbonyl (C=O) groups is 1. The van der Waals surface area contributed by atoms with Gasteiger partial charge < -0.3 is 15.4 Å². The fraction of sp³-hybridized carbons (Fsp3) is 0.312. The normalized spacial score (nSPS) is 11.2. The molecule has 1 amide bonds. The molecule has 2 N–H and O–H groups in total. The summed E-state index contributed by atoms with van der Waals surface area (Å²) in [4.78, 5) is 19.7. The van der Waals surface area contributed by atoms with E-state index in [0.29, 0.717) is 19.6 Å². The summed E-state index contributed by atoms with van der Waals surface area (Å²) in [6, 6.07) is 5.04. The standard InChI is InChI=1S/C16H17F3N4O2/c1-25-8-4-7-20-15(24)13-9-22-14(10-21-13)23-12-6-3-2-5-11(12)16(17,18)19/h2-3,5-6,9-10H,4,7-8H2,1H3,(H,20,24)(H,22,23). The number of alkyl halides is 3. The summed E-state index contributed by atoms with van der Waals surface area (Å²) in [6.45, 7) is 0.945. The predicted octanol–water partition coefficient (Wildman–Crippen LogP) is 3.01. The predicted molar refractivity (Wildman–Crippen MR) is 85.6 cm³/mol. The van der Waals surface area contributed by atoms with E-state index < -0.39 is 17.6 Å². The van der Waals surface area contributed by atoms with E-state index >= 15 is 0 Å². The fourth-order valence-corrected chi connectivity index (χ4v) is 2.00. The minimum Gasteiger partial charge on any atom is -0.385 e. The molecule has 0 atom stereocenters. The highest BCUT2D eigenvalue weighted by molar-refractivity contribution is 5.92. The average Bonchev–Trinajstić information content (AvgIpc) is 2.59. The number of methoxy groups -OCH3 is 1. The van der Waals surface area contributed by atoms with E-state index in [2.05, 4.69) is 20.6 Å². The van der Waals surface area contributed by atoms with Gasteiger partial charge in [-0.2, -0.15) is 13.2 Å². The maximum atomic E-state index is 13.0. The monoisotopic (exact) mass is 354 g/mol. The van der Waals surface area contributed by atoms with Gasteiger partial charge in [0.1, 0.15) is 11.5 Å². The van der Waals surface area contributed by atoms with Crippen molar-refractivity contribution in [3.8, 4) is 0 Å². The molecule has 9 heteroatoms. The lowest BCUT2D eigenvalue weighted by Crippen LogP contribution is -2.26. The largest absolute Gasteiger partial charge is 0.418 e. The van der Waals surface area contributed by atoms with Crippen LogP contribution >= 0.6 is 0 Å². The number of halogens is 3. The second kappa shape index (κ2) is 8.43. The van der Waals surface area contributed by atoms with E-state index in [4.69, 9.17) is 4.74 Å². The molecule has 0 spiro atoms. The quantitative estimate of drug-likeness (QED) is 0.748. The molecule has 0 bridgehead atoms. The van der Waals surface area contributed by atoms with Gasteiger partial charge in [-0.15, -0.1) is 0 Å². The first-order chi connectivity index (χ1) is 11.9. The summed E-state index contributed by atoms with van der Waals surface area (Å²) in [5, 5.41) is 5.20. The minimum absolute atomic E-state index is 0.0760. The van der Waals surface area contributed by atoms with Crippen molar-refractivity contribution in [3.63, 3.8) is 0 Å². The number of aromatic nitrogens is 2. The number of amides is 1. The summed E-state index contributed by atoms with van der Waals surface area (Å²) in [5.41, 5.74) is -0.870. The van der Waals surface area contributed by atoms with E-state index in [0.717, 1.165) is 6.07 Å². The van der Waals surface area contributed by atoms with Gasteiger partial charge in [-0.3, -0.25) is 4.79 Å². The van der Waals surface area contributed by atoms with E-state index in [1.54, 1.807) is 7.11 Å². The lowest BCUT2D eigenvalue weighted by molar-refractivity contribution is -0.136. The molecule has 0 unspecified atom stereocenters. The molecule has 25 heavy (non-hydrogen) atoms. The van der Waals surface area contributed by atoms with Crippen LogP contribution in [0.15, 0.2) is 36.7 Å². The molecule has 1 aromatic heterocycles. The third-order valence-electron chi connectivity index (χ3n) is 3.19. The zero-order valence-electron chi connectivity index (χ0n) is 13.4. The molecule has 0 fully saturated rings. The van der Waals surface area contributed by atoms with Crippen LogP contribution in [0.2, 0.25) is 0 Å². The molecule has 2 rings (SSSR count). The SMILES string of the molecule is COCCCNC(=O)c1cnc(Nc2ccccc2C(F)(F)F)cn1. The van der Waals surface area contributed by atoms with Crippen molar-refractivity contribution >= 4 is 17.4 Å². The smallest absolute Gasteiger partial charge is 0.385 e. The third kappa shape index (κ3) is 5.42. The second-order valence-electron chi connectivity index (χ2n) is 5.06. The first-order valence-electron chi connectivity index (χ1n) is 7.44. The maximum absolute atomic E-state index is 13.0. The summed E-state index contributed by atoms with van der Waals surface area (Å²) >= 11 is 0. The van der Waals surface area contributed by atoms with E-state index in [9.17, 15) is 18.0 Å². The highest BCUT2D eigenvalue weighted by Gasteiger charge is 2.33. The van der Waals surface area contributed by atoms with Crippen LogP contribution in [0.4, 0.5) is 24.7 Å². The lowest BCUT2D eigenvalue weighted by atomic mass is 10.1. The van der Waals surface area contributed by atoms with Crippen LogP contribution in [0.3, 0.4) is 0 Å². The molecule has 0 saturated carbocycles. The van der Waals surface area contributed by atoms with Crippen molar-refractivity contribution in [3.05, 3.63) is 47.9 Å². The Bertz CT molecular complexity index is 705. The Hall–Kier alpha value is -2.68. The van der Waals surface area contributed by atoms with Gasteiger partial charge in [0.15, 0.2) is 0 Å². The van der Waals surface area contributed by atoms with E-state index in [-0.39, 0.29) is 17.2 Å². The molecular weight excluding hydrogens is 337 g/mol. The number of nitrogens with zero attached hydrogens (tertiary/aromatic N) is 2. The number of para-hydroxylation sites is 1. The van der Waals surface area contributed by atoms with Gasteiger partial charge in [-0.25, -0.2) is 9.97 Å². The fourth-order valence-electron chi connectivity index (χ4n) is 2.00. The number of hydrogen-bond acceptors (Lipinski definition) is 5. The topological polar surface area (TPSA) is 76.1 Å². The molecular formula is C16H17F3N4O2. The summed E-state index contributed by atoms with van der Waals surface area (Å²) in [7, 11) is 1.57. The zero-order chi connectivity index (χ0) is 18.3. The van der Waals surface area contributed by atoms with Gasteiger partial charge in [0.25, 0.3) is 5.91 Å². The van der Waals surface area contributed by atoms with Gasteiger partial charge in [-0.05, 0) is 18.6 Å². The summed E-state index contributed by atoms with van der Waals surface area (Å²) in [5.74, 6) is -0.307. The van der Waals surface area contributed by atoms with Crippen LogP contribution in [-0.2, 0) is 10.9 Å². The van der Waals surface area contributed by atoms with Crippen molar-refractivity contribution in [2.24, 2.45) is 0 Å². The number of carbonyl (C=O) groups excluding carboxylic acids is 1. The van der Waals surface area contributed by atoms with Crippen LogP contribution in [0.5, 0.6) is 0 Å². The molecule has 0 saturated heterocycles. The van der Waals surface area contributed by atoms with E-state index in [1.165, 1.54) is 30.6 Å². The average molecular weight is 354 g/mol. The van der Waals surface area contributed by atoms with Gasteiger partial charge in [0, 0.05) is 20.3 Å². The Balaban J connectivity index is 2.03. The molecule has 0 aliphatic heterocycles. The summed E-state index contributed by atoms with van der Waals surface area (Å²) in [6.07, 6.45) is -1.43. The van der Waals surface area contributed by atoms with Crippen molar-refractivity contribution in [2.75, 3.05) is 25.6 Å². The van der Waals surface area contributed by atoms with Gasteiger partial charge in [0.2, 0.25) is 0 Å². The molecule has 1 heterocycles. The molecule has 6 nitrogen and oxygen atoms in total. The zero-order valence-corrected chi connectivity index (χ0v) is 13.4. The summed E-state index contributed by atoms with van der Waals surface area (Å²) < 4.78 is 43.7. The number of benzene rings is 1. The molecule has 1 aromatic carbocycles. The van der Waals surface area contributed by atoms with Crippen molar-refractivity contribution in [2.45, 2.75) is 12.6 Å². The van der Waals surface area contributed by atoms with Crippen molar-refractivity contribution in [1.82, 2.24) is 15.3 Å². The Morgan fingerprint density at radius 3 is 2.60 bits per heavy atom.